The van der Waals surface area contributed by atoms with Crippen LogP contribution in [-0.4, -0.2) is 51.5 Å². The monoisotopic (exact) mass is 392 g/mol. The Hall–Kier alpha value is -2.26. The third kappa shape index (κ3) is 4.19. The van der Waals surface area contributed by atoms with Crippen molar-refractivity contribution >= 4 is 33.4 Å². The maximum atomic E-state index is 11.8. The molecule has 0 aromatic carbocycles. The van der Waals surface area contributed by atoms with E-state index in [1.54, 1.807) is 6.92 Å². The number of carboxylic acids is 1. The summed E-state index contributed by atoms with van der Waals surface area (Å²) in [6, 6.07) is 0. The summed E-state index contributed by atoms with van der Waals surface area (Å²) in [5, 5.41) is 9.37. The third-order valence-electron chi connectivity index (χ3n) is 5.17. The topological polar surface area (TPSA) is 129 Å². The Bertz CT molecular complexity index is 912. The summed E-state index contributed by atoms with van der Waals surface area (Å²) in [5.74, 6) is -0.643. The molecule has 0 unspecified atom stereocenters. The Morgan fingerprint density at radius 1 is 1.33 bits per heavy atom. The number of likely N-dealkylation sites (tertiary alicyclic amines) is 1. The lowest BCUT2D eigenvalue weighted by Gasteiger charge is -2.30. The van der Waals surface area contributed by atoms with E-state index in [1.807, 2.05) is 4.90 Å². The van der Waals surface area contributed by atoms with Crippen LogP contribution in [-0.2, 0) is 17.6 Å². The number of H-pyrrole nitrogens is 1. The predicted molar refractivity (Wildman–Crippen MR) is 103 cm³/mol. The van der Waals surface area contributed by atoms with Gasteiger partial charge in [0.1, 0.15) is 4.83 Å². The molecule has 1 aliphatic heterocycles. The SMILES string of the molecule is CC(=O)N1CCC(CN)CC1.O=C(O)c1nc2sc3c(c2c(=O)[nH]1)CCC3. The van der Waals surface area contributed by atoms with Crippen LogP contribution in [0, 0.1) is 5.92 Å². The molecule has 8 nitrogen and oxygen atoms in total. The zero-order valence-corrected chi connectivity index (χ0v) is 16.1. The Balaban J connectivity index is 0.000000168. The van der Waals surface area contributed by atoms with E-state index >= 15 is 0 Å². The van der Waals surface area contributed by atoms with Crippen LogP contribution in [0.3, 0.4) is 0 Å². The molecule has 2 aromatic heterocycles. The fourth-order valence-corrected chi connectivity index (χ4v) is 4.85. The number of hydrogen-bond acceptors (Lipinski definition) is 6. The summed E-state index contributed by atoms with van der Waals surface area (Å²) in [5.41, 5.74) is 6.25. The number of carboxylic acid groups (broad SMARTS) is 1. The van der Waals surface area contributed by atoms with Crippen LogP contribution in [0.15, 0.2) is 4.79 Å². The van der Waals surface area contributed by atoms with Crippen LogP contribution in [0.1, 0.15) is 47.2 Å². The van der Waals surface area contributed by atoms with Gasteiger partial charge >= 0.3 is 5.97 Å². The number of amides is 1. The molecular weight excluding hydrogens is 368 g/mol. The highest BCUT2D eigenvalue weighted by molar-refractivity contribution is 7.18. The summed E-state index contributed by atoms with van der Waals surface area (Å²) in [4.78, 5) is 43.3. The Morgan fingerprint density at radius 3 is 2.63 bits per heavy atom. The smallest absolute Gasteiger partial charge is 0.372 e. The van der Waals surface area contributed by atoms with E-state index in [9.17, 15) is 14.4 Å². The van der Waals surface area contributed by atoms with Crippen LogP contribution < -0.4 is 11.3 Å². The lowest BCUT2D eigenvalue weighted by atomic mass is 9.97. The minimum Gasteiger partial charge on any atom is -0.475 e. The van der Waals surface area contributed by atoms with Gasteiger partial charge in [-0.15, -0.1) is 11.3 Å². The van der Waals surface area contributed by atoms with Gasteiger partial charge in [0.05, 0.1) is 5.39 Å². The number of fused-ring (bicyclic) bond motifs is 3. The molecule has 4 N–H and O–H groups in total. The number of rotatable bonds is 2. The fraction of sp³-hybridized carbons (Fsp3) is 0.556. The van der Waals surface area contributed by atoms with Crippen molar-refractivity contribution < 1.29 is 14.7 Å². The number of aromatic nitrogens is 2. The van der Waals surface area contributed by atoms with Gasteiger partial charge < -0.3 is 20.7 Å². The van der Waals surface area contributed by atoms with Crippen LogP contribution in [0.4, 0.5) is 0 Å². The number of carbonyl (C=O) groups is 2. The number of aromatic carboxylic acids is 1. The van der Waals surface area contributed by atoms with Gasteiger partial charge in [-0.1, -0.05) is 0 Å². The minimum atomic E-state index is -1.20. The zero-order valence-electron chi connectivity index (χ0n) is 15.3. The van der Waals surface area contributed by atoms with Gasteiger partial charge in [0, 0.05) is 24.9 Å². The van der Waals surface area contributed by atoms with E-state index in [4.69, 9.17) is 10.8 Å². The van der Waals surface area contributed by atoms with E-state index in [0.29, 0.717) is 16.1 Å². The van der Waals surface area contributed by atoms with E-state index in [1.165, 1.54) is 16.2 Å². The molecule has 0 bridgehead atoms. The highest BCUT2D eigenvalue weighted by Crippen LogP contribution is 2.34. The van der Waals surface area contributed by atoms with Gasteiger partial charge in [0.2, 0.25) is 11.7 Å². The summed E-state index contributed by atoms with van der Waals surface area (Å²) in [7, 11) is 0. The maximum absolute atomic E-state index is 11.8. The van der Waals surface area contributed by atoms with Crippen molar-refractivity contribution in [1.82, 2.24) is 14.9 Å². The lowest BCUT2D eigenvalue weighted by molar-refractivity contribution is -0.130. The summed E-state index contributed by atoms with van der Waals surface area (Å²) in [6.07, 6.45) is 5.09. The highest BCUT2D eigenvalue weighted by Gasteiger charge is 2.22. The Morgan fingerprint density at radius 2 is 2.04 bits per heavy atom. The molecular formula is C18H24N4O4S. The van der Waals surface area contributed by atoms with Crippen LogP contribution in [0.5, 0.6) is 0 Å². The molecule has 3 heterocycles. The van der Waals surface area contributed by atoms with Gasteiger partial charge in [0.15, 0.2) is 0 Å². The van der Waals surface area contributed by atoms with Crippen LogP contribution in [0.25, 0.3) is 10.2 Å². The quantitative estimate of drug-likeness (QED) is 0.708. The molecule has 4 rings (SSSR count). The molecule has 0 saturated carbocycles. The molecule has 1 fully saturated rings. The lowest BCUT2D eigenvalue weighted by Crippen LogP contribution is -2.38. The van der Waals surface area contributed by atoms with Crippen molar-refractivity contribution in [3.63, 3.8) is 0 Å². The number of thiophene rings is 1. The molecule has 0 spiro atoms. The van der Waals surface area contributed by atoms with Crippen molar-refractivity contribution in [2.75, 3.05) is 19.6 Å². The predicted octanol–water partition coefficient (Wildman–Crippen LogP) is 1.38. The van der Waals surface area contributed by atoms with Crippen molar-refractivity contribution in [1.29, 1.82) is 0 Å². The number of piperidine rings is 1. The van der Waals surface area contributed by atoms with Crippen LogP contribution in [0.2, 0.25) is 0 Å². The van der Waals surface area contributed by atoms with Crippen molar-refractivity contribution in [3.8, 4) is 0 Å². The summed E-state index contributed by atoms with van der Waals surface area (Å²) < 4.78 is 0. The average Bonchev–Trinajstić information content (AvgIpc) is 3.22. The van der Waals surface area contributed by atoms with E-state index < -0.39 is 5.97 Å². The minimum absolute atomic E-state index is 0.195. The molecule has 146 valence electrons. The molecule has 27 heavy (non-hydrogen) atoms. The first-order valence-corrected chi connectivity index (χ1v) is 9.95. The van der Waals surface area contributed by atoms with Crippen molar-refractivity contribution in [2.45, 2.75) is 39.0 Å². The Labute approximate surface area is 160 Å². The van der Waals surface area contributed by atoms with E-state index in [0.717, 1.165) is 57.3 Å². The second kappa shape index (κ2) is 8.18. The molecule has 0 atom stereocenters. The average molecular weight is 392 g/mol. The first-order valence-electron chi connectivity index (χ1n) is 9.14. The molecule has 0 radical (unpaired) electrons. The molecule has 1 aliphatic carbocycles. The number of hydrogen-bond donors (Lipinski definition) is 3. The number of carbonyl (C=O) groups excluding carboxylic acids is 1. The van der Waals surface area contributed by atoms with Gasteiger partial charge in [-0.05, 0) is 50.1 Å². The van der Waals surface area contributed by atoms with E-state index in [-0.39, 0.29) is 17.3 Å². The fourth-order valence-electron chi connectivity index (χ4n) is 3.59. The molecule has 2 aliphatic rings. The largest absolute Gasteiger partial charge is 0.475 e. The third-order valence-corrected chi connectivity index (χ3v) is 6.36. The Kier molecular flexibility index (Phi) is 5.91. The normalized spacial score (nSPS) is 16.7. The first-order chi connectivity index (χ1) is 12.9. The maximum Gasteiger partial charge on any atom is 0.372 e. The summed E-state index contributed by atoms with van der Waals surface area (Å²) in [6.45, 7) is 4.20. The number of nitrogens with zero attached hydrogens (tertiary/aromatic N) is 2. The number of aryl methyl sites for hydroxylation is 2. The van der Waals surface area contributed by atoms with Crippen molar-refractivity contribution in [2.24, 2.45) is 11.7 Å². The van der Waals surface area contributed by atoms with Gasteiger partial charge in [-0.3, -0.25) is 9.59 Å². The van der Waals surface area contributed by atoms with Gasteiger partial charge in [-0.2, -0.15) is 0 Å². The van der Waals surface area contributed by atoms with Gasteiger partial charge in [-0.25, -0.2) is 9.78 Å². The van der Waals surface area contributed by atoms with Gasteiger partial charge in [0.25, 0.3) is 5.56 Å². The molecule has 1 amide bonds. The number of aromatic amines is 1. The number of nitrogens with two attached hydrogens (primary N) is 1. The highest BCUT2D eigenvalue weighted by atomic mass is 32.1. The van der Waals surface area contributed by atoms with Crippen LogP contribution >= 0.6 is 11.3 Å². The number of nitrogens with one attached hydrogen (secondary N) is 1. The second-order valence-electron chi connectivity index (χ2n) is 6.94. The second-order valence-corrected chi connectivity index (χ2v) is 8.03. The van der Waals surface area contributed by atoms with E-state index in [2.05, 4.69) is 9.97 Å². The standard InChI is InChI=1S/C10H8N2O3S.C8H16N2O/c13-8-6-4-2-1-3-5(4)16-9(6)12-7(11-8)10(14)15;1-7(11)10-4-2-8(6-9)3-5-10/h1-3H2,(H,14,15)(H,11,12,13);8H,2-6,9H2,1H3. The first kappa shape index (κ1) is 19.5. The van der Waals surface area contributed by atoms with Crippen molar-refractivity contribution in [3.05, 3.63) is 26.6 Å². The molecule has 2 aromatic rings. The molecule has 9 heteroatoms. The molecule has 1 saturated heterocycles. The summed E-state index contributed by atoms with van der Waals surface area (Å²) >= 11 is 1.44. The zero-order chi connectivity index (χ0) is 19.6.